The van der Waals surface area contributed by atoms with Crippen LogP contribution >= 0.6 is 0 Å². The molecular weight excluding hydrogens is 240 g/mol. The molecule has 0 N–H and O–H groups in total. The van der Waals surface area contributed by atoms with Gasteiger partial charge in [0.25, 0.3) is 0 Å². The van der Waals surface area contributed by atoms with Gasteiger partial charge in [0.15, 0.2) is 0 Å². The Balaban J connectivity index is 2.31. The molecule has 0 aliphatic heterocycles. The van der Waals surface area contributed by atoms with Crippen LogP contribution < -0.4 is 0 Å². The summed E-state index contributed by atoms with van der Waals surface area (Å²) < 4.78 is 0. The molecule has 0 unspecified atom stereocenters. The Morgan fingerprint density at radius 2 is 0.900 bits per heavy atom. The number of aryl methyl sites for hydroxylation is 2. The fourth-order valence-corrected chi connectivity index (χ4v) is 3.29. The first-order valence-electron chi connectivity index (χ1n) is 7.06. The van der Waals surface area contributed by atoms with E-state index in [9.17, 15) is 0 Å². The third-order valence-corrected chi connectivity index (χ3v) is 4.43. The minimum Gasteiger partial charge on any atom is -0.0616 e. The van der Waals surface area contributed by atoms with Crippen LogP contribution in [0.5, 0.6) is 0 Å². The van der Waals surface area contributed by atoms with Crippen molar-refractivity contribution >= 4 is 32.3 Å². The molecule has 96 valence electrons. The second-order valence-electron chi connectivity index (χ2n) is 5.54. The van der Waals surface area contributed by atoms with Gasteiger partial charge in [-0.2, -0.15) is 0 Å². The summed E-state index contributed by atoms with van der Waals surface area (Å²) in [6.07, 6.45) is 0. The molecule has 4 aromatic carbocycles. The first-order chi connectivity index (χ1) is 9.75. The summed E-state index contributed by atoms with van der Waals surface area (Å²) in [7, 11) is 0. The molecule has 0 fully saturated rings. The lowest BCUT2D eigenvalue weighted by Crippen LogP contribution is -1.88. The summed E-state index contributed by atoms with van der Waals surface area (Å²) in [6.45, 7) is 4.47. The Labute approximate surface area is 118 Å². The summed E-state index contributed by atoms with van der Waals surface area (Å²) >= 11 is 0. The highest BCUT2D eigenvalue weighted by atomic mass is 14.1. The van der Waals surface area contributed by atoms with Crippen LogP contribution in [0.3, 0.4) is 0 Å². The smallest absolute Gasteiger partial charge is 0.0139 e. The summed E-state index contributed by atoms with van der Waals surface area (Å²) in [5.74, 6) is 0. The summed E-state index contributed by atoms with van der Waals surface area (Å²) in [5, 5.41) is 8.12. The maximum absolute atomic E-state index is 2.33. The van der Waals surface area contributed by atoms with Gasteiger partial charge >= 0.3 is 0 Å². The van der Waals surface area contributed by atoms with Gasteiger partial charge in [0, 0.05) is 0 Å². The van der Waals surface area contributed by atoms with Crippen LogP contribution in [0.25, 0.3) is 32.3 Å². The molecule has 0 radical (unpaired) electrons. The first-order valence-corrected chi connectivity index (χ1v) is 7.06. The second kappa shape index (κ2) is 4.08. The van der Waals surface area contributed by atoms with Crippen LogP contribution in [-0.2, 0) is 0 Å². The minimum atomic E-state index is 1.32. The van der Waals surface area contributed by atoms with Crippen molar-refractivity contribution in [2.75, 3.05) is 0 Å². The fourth-order valence-electron chi connectivity index (χ4n) is 3.29. The van der Waals surface area contributed by atoms with Gasteiger partial charge in [-0.15, -0.1) is 0 Å². The molecule has 20 heavy (non-hydrogen) atoms. The fraction of sp³-hybridized carbons (Fsp3) is 0.100. The maximum atomic E-state index is 2.33. The SMILES string of the molecule is Cc1c2ccccc2c(C)c2cc3ccccc3cc12. The number of rotatable bonds is 0. The number of hydrogen-bond acceptors (Lipinski definition) is 0. The molecule has 0 bridgehead atoms. The van der Waals surface area contributed by atoms with E-state index in [1.165, 1.54) is 43.4 Å². The van der Waals surface area contributed by atoms with Gasteiger partial charge < -0.3 is 0 Å². The largest absolute Gasteiger partial charge is 0.0616 e. The average molecular weight is 256 g/mol. The number of hydrogen-bond donors (Lipinski definition) is 0. The van der Waals surface area contributed by atoms with Crippen LogP contribution in [0.15, 0.2) is 60.7 Å². The Hall–Kier alpha value is -2.34. The zero-order chi connectivity index (χ0) is 13.7. The Kier molecular flexibility index (Phi) is 2.34. The molecule has 0 saturated carbocycles. The minimum absolute atomic E-state index is 1.32. The van der Waals surface area contributed by atoms with Crippen molar-refractivity contribution in [3.8, 4) is 0 Å². The van der Waals surface area contributed by atoms with Crippen molar-refractivity contribution < 1.29 is 0 Å². The van der Waals surface area contributed by atoms with Gasteiger partial charge in [-0.3, -0.25) is 0 Å². The van der Waals surface area contributed by atoms with Crippen LogP contribution in [0.2, 0.25) is 0 Å². The molecule has 0 saturated heterocycles. The predicted octanol–water partition coefficient (Wildman–Crippen LogP) is 5.76. The molecule has 4 rings (SSSR count). The van der Waals surface area contributed by atoms with Crippen LogP contribution in [0, 0.1) is 13.8 Å². The van der Waals surface area contributed by atoms with E-state index in [1.54, 1.807) is 0 Å². The van der Waals surface area contributed by atoms with E-state index in [4.69, 9.17) is 0 Å². The van der Waals surface area contributed by atoms with E-state index < -0.39 is 0 Å². The predicted molar refractivity (Wildman–Crippen MR) is 88.4 cm³/mol. The highest BCUT2D eigenvalue weighted by molar-refractivity contribution is 6.09. The van der Waals surface area contributed by atoms with Crippen molar-refractivity contribution in [3.63, 3.8) is 0 Å². The van der Waals surface area contributed by atoms with Crippen molar-refractivity contribution in [3.05, 3.63) is 71.8 Å². The first kappa shape index (κ1) is 11.5. The van der Waals surface area contributed by atoms with Crippen LogP contribution in [-0.4, -0.2) is 0 Å². The summed E-state index contributed by atoms with van der Waals surface area (Å²) in [4.78, 5) is 0. The molecule has 0 spiro atoms. The third kappa shape index (κ3) is 1.48. The third-order valence-electron chi connectivity index (χ3n) is 4.43. The van der Waals surface area contributed by atoms with Gasteiger partial charge in [-0.25, -0.2) is 0 Å². The van der Waals surface area contributed by atoms with Gasteiger partial charge in [0.1, 0.15) is 0 Å². The number of fused-ring (bicyclic) bond motifs is 3. The Bertz CT molecular complexity index is 882. The average Bonchev–Trinajstić information content (AvgIpc) is 2.51. The molecule has 4 aromatic rings. The summed E-state index contributed by atoms with van der Waals surface area (Å²) in [6, 6.07) is 22.0. The second-order valence-corrected chi connectivity index (χ2v) is 5.54. The normalized spacial score (nSPS) is 11.5. The molecule has 0 heteroatoms. The monoisotopic (exact) mass is 256 g/mol. The molecule has 0 aliphatic rings. The highest BCUT2D eigenvalue weighted by Crippen LogP contribution is 2.34. The summed E-state index contributed by atoms with van der Waals surface area (Å²) in [5.41, 5.74) is 2.76. The molecule has 0 aliphatic carbocycles. The quantitative estimate of drug-likeness (QED) is 0.351. The van der Waals surface area contributed by atoms with Crippen LogP contribution in [0.4, 0.5) is 0 Å². The number of benzene rings is 4. The molecular formula is C20H16. The van der Waals surface area contributed by atoms with Gasteiger partial charge in [-0.05, 0) is 69.4 Å². The van der Waals surface area contributed by atoms with Gasteiger partial charge in [0.05, 0.1) is 0 Å². The van der Waals surface area contributed by atoms with Crippen molar-refractivity contribution in [1.82, 2.24) is 0 Å². The van der Waals surface area contributed by atoms with E-state index >= 15 is 0 Å². The van der Waals surface area contributed by atoms with Crippen molar-refractivity contribution in [2.45, 2.75) is 13.8 Å². The molecule has 0 amide bonds. The lowest BCUT2D eigenvalue weighted by Gasteiger charge is -2.13. The van der Waals surface area contributed by atoms with Crippen molar-refractivity contribution in [1.29, 1.82) is 0 Å². The van der Waals surface area contributed by atoms with E-state index in [0.717, 1.165) is 0 Å². The van der Waals surface area contributed by atoms with E-state index in [0.29, 0.717) is 0 Å². The Morgan fingerprint density at radius 1 is 0.500 bits per heavy atom. The molecule has 0 aromatic heterocycles. The van der Waals surface area contributed by atoms with Crippen LogP contribution in [0.1, 0.15) is 11.1 Å². The molecule has 0 heterocycles. The Morgan fingerprint density at radius 3 is 1.35 bits per heavy atom. The van der Waals surface area contributed by atoms with Crippen molar-refractivity contribution in [2.24, 2.45) is 0 Å². The van der Waals surface area contributed by atoms with E-state index in [1.807, 2.05) is 0 Å². The lowest BCUT2D eigenvalue weighted by atomic mass is 9.91. The van der Waals surface area contributed by atoms with E-state index in [2.05, 4.69) is 74.5 Å². The molecule has 0 atom stereocenters. The maximum Gasteiger partial charge on any atom is -0.0139 e. The molecule has 0 nitrogen and oxygen atoms in total. The zero-order valence-corrected chi connectivity index (χ0v) is 11.8. The topological polar surface area (TPSA) is 0 Å². The standard InChI is InChI=1S/C20H16/c1-13-17-9-5-6-10-18(17)14(2)20-12-16-8-4-3-7-15(16)11-19(13)20/h3-12H,1-2H3. The lowest BCUT2D eigenvalue weighted by molar-refractivity contribution is 1.53. The van der Waals surface area contributed by atoms with Gasteiger partial charge in [-0.1, -0.05) is 48.5 Å². The van der Waals surface area contributed by atoms with E-state index in [-0.39, 0.29) is 0 Å². The highest BCUT2D eigenvalue weighted by Gasteiger charge is 2.09. The zero-order valence-electron chi connectivity index (χ0n) is 11.8. The van der Waals surface area contributed by atoms with Gasteiger partial charge in [0.2, 0.25) is 0 Å².